The lowest BCUT2D eigenvalue weighted by Gasteiger charge is -2.41. The van der Waals surface area contributed by atoms with Crippen LogP contribution in [0.1, 0.15) is 78.6 Å². The summed E-state index contributed by atoms with van der Waals surface area (Å²) in [5.74, 6) is -13.7. The van der Waals surface area contributed by atoms with Crippen molar-refractivity contribution in [1.29, 1.82) is 0 Å². The molecule has 0 aromatic rings. The van der Waals surface area contributed by atoms with Crippen LogP contribution in [-0.2, 0) is 9.53 Å². The number of ether oxygens (including phenoxy) is 1. The van der Waals surface area contributed by atoms with Crippen LogP contribution in [0.15, 0.2) is 12.2 Å². The maximum Gasteiger partial charge on any atom is 0.372 e. The van der Waals surface area contributed by atoms with E-state index in [-0.39, 0.29) is 31.4 Å². The van der Waals surface area contributed by atoms with Crippen molar-refractivity contribution in [3.05, 3.63) is 12.2 Å². The van der Waals surface area contributed by atoms with Crippen LogP contribution in [0.3, 0.4) is 0 Å². The minimum absolute atomic E-state index is 0.0846. The Balaban J connectivity index is 5.26. The van der Waals surface area contributed by atoms with E-state index in [4.69, 9.17) is 4.74 Å². The fourth-order valence-corrected chi connectivity index (χ4v) is 3.20. The van der Waals surface area contributed by atoms with Gasteiger partial charge in [0.15, 0.2) is 5.67 Å². The summed E-state index contributed by atoms with van der Waals surface area (Å²) >= 11 is 0. The molecule has 30 heavy (non-hydrogen) atoms. The standard InChI is InChI=1S/C21H33F7O2/c1-5-6-7-8-9-10-13-19(24,21(27,28)20(25,26)18(22)23)16(4)12-11-14-30-17(29)15(2)3/h16,18H,2,5-14H2,1,3-4H3. The fourth-order valence-electron chi connectivity index (χ4n) is 3.20. The van der Waals surface area contributed by atoms with Crippen LogP contribution in [0.25, 0.3) is 0 Å². The van der Waals surface area contributed by atoms with Crippen LogP contribution < -0.4 is 0 Å². The number of carbonyl (C=O) groups is 1. The fraction of sp³-hybridized carbons (Fsp3) is 0.857. The van der Waals surface area contributed by atoms with E-state index in [2.05, 4.69) is 6.58 Å². The molecule has 0 aliphatic heterocycles. The highest BCUT2D eigenvalue weighted by atomic mass is 19.3. The van der Waals surface area contributed by atoms with Crippen LogP contribution >= 0.6 is 0 Å². The molecule has 0 saturated carbocycles. The first-order valence-corrected chi connectivity index (χ1v) is 10.3. The van der Waals surface area contributed by atoms with Gasteiger partial charge >= 0.3 is 24.2 Å². The lowest BCUT2D eigenvalue weighted by Crippen LogP contribution is -2.61. The molecule has 0 aromatic heterocycles. The smallest absolute Gasteiger partial charge is 0.372 e. The first kappa shape index (κ1) is 28.7. The Morgan fingerprint density at radius 1 is 0.967 bits per heavy atom. The maximum atomic E-state index is 15.4. The molecule has 0 bridgehead atoms. The topological polar surface area (TPSA) is 26.3 Å². The SMILES string of the molecule is C=C(C)C(=O)OCCCC(C)C(F)(CCCCCCCC)C(F)(F)C(F)(F)C(F)F. The second-order valence-electron chi connectivity index (χ2n) is 7.84. The van der Waals surface area contributed by atoms with Gasteiger partial charge in [-0.25, -0.2) is 18.0 Å². The van der Waals surface area contributed by atoms with Crippen molar-refractivity contribution < 1.29 is 40.3 Å². The van der Waals surface area contributed by atoms with Gasteiger partial charge < -0.3 is 4.74 Å². The third kappa shape index (κ3) is 7.45. The number of halogens is 7. The first-order valence-electron chi connectivity index (χ1n) is 10.3. The van der Waals surface area contributed by atoms with Crippen LogP contribution in [0.4, 0.5) is 30.7 Å². The Labute approximate surface area is 174 Å². The molecule has 0 spiro atoms. The highest BCUT2D eigenvalue weighted by molar-refractivity contribution is 5.86. The summed E-state index contributed by atoms with van der Waals surface area (Å²) < 4.78 is 102. The molecule has 0 aliphatic rings. The molecule has 0 saturated heterocycles. The van der Waals surface area contributed by atoms with E-state index >= 15 is 4.39 Å². The normalized spacial score (nSPS) is 15.7. The van der Waals surface area contributed by atoms with Crippen molar-refractivity contribution in [2.24, 2.45) is 5.92 Å². The molecule has 2 unspecified atom stereocenters. The molecule has 0 radical (unpaired) electrons. The van der Waals surface area contributed by atoms with E-state index in [9.17, 15) is 31.1 Å². The highest BCUT2D eigenvalue weighted by Gasteiger charge is 2.74. The summed E-state index contributed by atoms with van der Waals surface area (Å²) in [5.41, 5.74) is -3.72. The molecule has 0 aromatic carbocycles. The lowest BCUT2D eigenvalue weighted by atomic mass is 9.76. The van der Waals surface area contributed by atoms with Gasteiger partial charge in [-0.15, -0.1) is 0 Å². The minimum Gasteiger partial charge on any atom is -0.462 e. The Morgan fingerprint density at radius 3 is 2.00 bits per heavy atom. The van der Waals surface area contributed by atoms with Gasteiger partial charge in [-0.3, -0.25) is 0 Å². The molecule has 2 nitrogen and oxygen atoms in total. The van der Waals surface area contributed by atoms with Crippen molar-refractivity contribution in [3.63, 3.8) is 0 Å². The highest BCUT2D eigenvalue weighted by Crippen LogP contribution is 2.53. The molecule has 0 aliphatic carbocycles. The number of hydrogen-bond acceptors (Lipinski definition) is 2. The number of esters is 1. The summed E-state index contributed by atoms with van der Waals surface area (Å²) in [5, 5.41) is 0. The number of unbranched alkanes of at least 4 members (excludes halogenated alkanes) is 5. The average Bonchev–Trinajstić information content (AvgIpc) is 2.66. The van der Waals surface area contributed by atoms with E-state index in [1.807, 2.05) is 6.92 Å². The number of hydrogen-bond donors (Lipinski definition) is 0. The van der Waals surface area contributed by atoms with Gasteiger partial charge in [-0.05, 0) is 32.1 Å². The van der Waals surface area contributed by atoms with Gasteiger partial charge in [0.2, 0.25) is 0 Å². The van der Waals surface area contributed by atoms with Crippen LogP contribution in [0.5, 0.6) is 0 Å². The Bertz CT molecular complexity index is 537. The predicted octanol–water partition coefficient (Wildman–Crippen LogP) is 7.52. The summed E-state index contributed by atoms with van der Waals surface area (Å²) in [4.78, 5) is 11.3. The zero-order valence-electron chi connectivity index (χ0n) is 17.9. The third-order valence-electron chi connectivity index (χ3n) is 5.25. The average molecular weight is 450 g/mol. The van der Waals surface area contributed by atoms with Gasteiger partial charge in [-0.2, -0.15) is 17.6 Å². The summed E-state index contributed by atoms with van der Waals surface area (Å²) in [6, 6.07) is 0. The molecular weight excluding hydrogens is 417 g/mol. The zero-order valence-corrected chi connectivity index (χ0v) is 17.9. The van der Waals surface area contributed by atoms with Gasteiger partial charge in [0.1, 0.15) is 0 Å². The molecule has 178 valence electrons. The minimum atomic E-state index is -5.80. The Kier molecular flexibility index (Phi) is 12.0. The maximum absolute atomic E-state index is 15.4. The second kappa shape index (κ2) is 12.5. The molecule has 0 rings (SSSR count). The van der Waals surface area contributed by atoms with Crippen molar-refractivity contribution in [1.82, 2.24) is 0 Å². The number of alkyl halides is 7. The molecule has 2 atom stereocenters. The Morgan fingerprint density at radius 2 is 1.50 bits per heavy atom. The largest absolute Gasteiger partial charge is 0.462 e. The van der Waals surface area contributed by atoms with Gasteiger partial charge in [-0.1, -0.05) is 59.0 Å². The van der Waals surface area contributed by atoms with Crippen LogP contribution in [0, 0.1) is 5.92 Å². The van der Waals surface area contributed by atoms with Crippen molar-refractivity contribution >= 4 is 5.97 Å². The second-order valence-corrected chi connectivity index (χ2v) is 7.84. The monoisotopic (exact) mass is 450 g/mol. The van der Waals surface area contributed by atoms with Gasteiger partial charge in [0, 0.05) is 5.57 Å². The summed E-state index contributed by atoms with van der Waals surface area (Å²) in [6.07, 6.45) is -2.62. The number of rotatable bonds is 16. The molecule has 0 N–H and O–H groups in total. The quantitative estimate of drug-likeness (QED) is 0.105. The molecule has 0 fully saturated rings. The van der Waals surface area contributed by atoms with Crippen molar-refractivity contribution in [2.75, 3.05) is 6.61 Å². The summed E-state index contributed by atoms with van der Waals surface area (Å²) in [6.45, 7) is 7.46. The van der Waals surface area contributed by atoms with Crippen LogP contribution in [0.2, 0.25) is 0 Å². The molecular formula is C21H33F7O2. The lowest BCUT2D eigenvalue weighted by molar-refractivity contribution is -0.320. The van der Waals surface area contributed by atoms with Crippen molar-refractivity contribution in [2.45, 2.75) is 102 Å². The van der Waals surface area contributed by atoms with E-state index in [0.29, 0.717) is 12.8 Å². The molecule has 0 amide bonds. The molecule has 0 heterocycles. The van der Waals surface area contributed by atoms with E-state index in [0.717, 1.165) is 26.2 Å². The third-order valence-corrected chi connectivity index (χ3v) is 5.25. The van der Waals surface area contributed by atoms with Gasteiger partial charge in [0.05, 0.1) is 6.61 Å². The molecule has 9 heteroatoms. The van der Waals surface area contributed by atoms with Crippen LogP contribution in [-0.4, -0.2) is 36.5 Å². The zero-order chi connectivity index (χ0) is 23.6. The van der Waals surface area contributed by atoms with E-state index in [1.165, 1.54) is 6.92 Å². The van der Waals surface area contributed by atoms with Gasteiger partial charge in [0.25, 0.3) is 0 Å². The summed E-state index contributed by atoms with van der Waals surface area (Å²) in [7, 11) is 0. The van der Waals surface area contributed by atoms with E-state index < -0.39 is 42.2 Å². The predicted molar refractivity (Wildman–Crippen MR) is 102 cm³/mol. The Hall–Kier alpha value is -1.28. The first-order chi connectivity index (χ1) is 13.8. The van der Waals surface area contributed by atoms with E-state index in [1.54, 1.807) is 0 Å². The van der Waals surface area contributed by atoms with Crippen molar-refractivity contribution in [3.8, 4) is 0 Å². The number of carbonyl (C=O) groups excluding carboxylic acids is 1.